The van der Waals surface area contributed by atoms with Crippen LogP contribution in [-0.2, 0) is 4.79 Å². The largest absolute Gasteiger partial charge is 0.358 e. The summed E-state index contributed by atoms with van der Waals surface area (Å²) in [4.78, 5) is 16.6. The summed E-state index contributed by atoms with van der Waals surface area (Å²) >= 11 is 1.56. The lowest BCUT2D eigenvalue weighted by molar-refractivity contribution is -0.116. The third-order valence-electron chi connectivity index (χ3n) is 3.85. The average Bonchev–Trinajstić information content (AvgIpc) is 3.09. The summed E-state index contributed by atoms with van der Waals surface area (Å²) < 4.78 is 0. The SMILES string of the molecule is C=CCNc1nc(-c2cccc(NC(=O)CCCCCCC)c2)cs1. The highest BCUT2D eigenvalue weighted by atomic mass is 32.1. The van der Waals surface area contributed by atoms with Crippen molar-refractivity contribution in [1.29, 1.82) is 0 Å². The van der Waals surface area contributed by atoms with Gasteiger partial charge in [-0.15, -0.1) is 17.9 Å². The summed E-state index contributed by atoms with van der Waals surface area (Å²) in [5, 5.41) is 9.07. The number of rotatable bonds is 11. The van der Waals surface area contributed by atoms with Crippen molar-refractivity contribution in [2.75, 3.05) is 17.2 Å². The van der Waals surface area contributed by atoms with Gasteiger partial charge in [-0.25, -0.2) is 4.98 Å². The van der Waals surface area contributed by atoms with Crippen molar-refractivity contribution in [2.24, 2.45) is 0 Å². The fourth-order valence-electron chi connectivity index (χ4n) is 2.52. The van der Waals surface area contributed by atoms with Crippen molar-refractivity contribution in [3.05, 3.63) is 42.3 Å². The number of hydrogen-bond acceptors (Lipinski definition) is 4. The van der Waals surface area contributed by atoms with Crippen molar-refractivity contribution in [3.63, 3.8) is 0 Å². The average molecular weight is 358 g/mol. The number of nitrogens with zero attached hydrogens (tertiary/aromatic N) is 1. The van der Waals surface area contributed by atoms with Crippen LogP contribution >= 0.6 is 11.3 Å². The number of amides is 1. The first-order chi connectivity index (χ1) is 12.2. The van der Waals surface area contributed by atoms with Gasteiger partial charge < -0.3 is 10.6 Å². The molecule has 2 N–H and O–H groups in total. The molecule has 1 heterocycles. The minimum atomic E-state index is 0.0836. The summed E-state index contributed by atoms with van der Waals surface area (Å²) in [6.07, 6.45) is 8.16. The highest BCUT2D eigenvalue weighted by Crippen LogP contribution is 2.26. The third-order valence-corrected chi connectivity index (χ3v) is 4.65. The van der Waals surface area contributed by atoms with E-state index in [2.05, 4.69) is 29.1 Å². The fourth-order valence-corrected chi connectivity index (χ4v) is 3.25. The lowest BCUT2D eigenvalue weighted by Gasteiger charge is -2.07. The van der Waals surface area contributed by atoms with E-state index in [4.69, 9.17) is 0 Å². The van der Waals surface area contributed by atoms with E-state index in [0.29, 0.717) is 13.0 Å². The number of benzene rings is 1. The van der Waals surface area contributed by atoms with E-state index in [1.54, 1.807) is 17.4 Å². The molecule has 1 amide bonds. The zero-order valence-corrected chi connectivity index (χ0v) is 15.7. The van der Waals surface area contributed by atoms with Gasteiger partial charge in [0.05, 0.1) is 5.69 Å². The van der Waals surface area contributed by atoms with Gasteiger partial charge in [0, 0.05) is 29.6 Å². The number of carbonyl (C=O) groups excluding carboxylic acids is 1. The zero-order chi connectivity index (χ0) is 17.9. The minimum absolute atomic E-state index is 0.0836. The molecule has 5 heteroatoms. The van der Waals surface area contributed by atoms with Crippen LogP contribution in [0.5, 0.6) is 0 Å². The van der Waals surface area contributed by atoms with Crippen LogP contribution in [0.3, 0.4) is 0 Å². The Hall–Kier alpha value is -2.14. The van der Waals surface area contributed by atoms with E-state index < -0.39 is 0 Å². The Kier molecular flexibility index (Phi) is 8.19. The van der Waals surface area contributed by atoms with E-state index in [-0.39, 0.29) is 5.91 Å². The highest BCUT2D eigenvalue weighted by molar-refractivity contribution is 7.14. The molecule has 25 heavy (non-hydrogen) atoms. The molecule has 0 saturated carbocycles. The van der Waals surface area contributed by atoms with E-state index in [1.165, 1.54) is 19.3 Å². The molecule has 0 bridgehead atoms. The second kappa shape index (κ2) is 10.7. The van der Waals surface area contributed by atoms with Crippen molar-refractivity contribution in [3.8, 4) is 11.3 Å². The van der Waals surface area contributed by atoms with Crippen LogP contribution in [0.4, 0.5) is 10.8 Å². The Balaban J connectivity index is 1.89. The Morgan fingerprint density at radius 1 is 1.28 bits per heavy atom. The molecule has 0 atom stereocenters. The van der Waals surface area contributed by atoms with E-state index >= 15 is 0 Å². The maximum absolute atomic E-state index is 12.1. The molecule has 0 fully saturated rings. The lowest BCUT2D eigenvalue weighted by Crippen LogP contribution is -2.11. The molecule has 2 rings (SSSR count). The normalized spacial score (nSPS) is 10.4. The van der Waals surface area contributed by atoms with Crippen molar-refractivity contribution < 1.29 is 4.79 Å². The van der Waals surface area contributed by atoms with Crippen LogP contribution in [0.1, 0.15) is 45.4 Å². The topological polar surface area (TPSA) is 54.0 Å². The molecule has 0 unspecified atom stereocenters. The van der Waals surface area contributed by atoms with Gasteiger partial charge in [-0.1, -0.05) is 50.8 Å². The molecular weight excluding hydrogens is 330 g/mol. The zero-order valence-electron chi connectivity index (χ0n) is 14.9. The molecule has 0 radical (unpaired) electrons. The van der Waals surface area contributed by atoms with E-state index in [0.717, 1.165) is 34.9 Å². The fraction of sp³-hybridized carbons (Fsp3) is 0.400. The van der Waals surface area contributed by atoms with Crippen LogP contribution in [0.2, 0.25) is 0 Å². The summed E-state index contributed by atoms with van der Waals surface area (Å²) in [5.74, 6) is 0.0836. The van der Waals surface area contributed by atoms with Crippen LogP contribution < -0.4 is 10.6 Å². The number of aromatic nitrogens is 1. The Morgan fingerprint density at radius 2 is 2.12 bits per heavy atom. The number of hydrogen-bond donors (Lipinski definition) is 2. The predicted molar refractivity (Wildman–Crippen MR) is 108 cm³/mol. The van der Waals surface area contributed by atoms with Crippen LogP contribution in [-0.4, -0.2) is 17.4 Å². The minimum Gasteiger partial charge on any atom is -0.358 e. The van der Waals surface area contributed by atoms with Gasteiger partial charge in [-0.3, -0.25) is 4.79 Å². The number of unbranched alkanes of at least 4 members (excludes halogenated alkanes) is 4. The van der Waals surface area contributed by atoms with Gasteiger partial charge >= 0.3 is 0 Å². The predicted octanol–water partition coefficient (Wildman–Crippen LogP) is 5.71. The first-order valence-electron chi connectivity index (χ1n) is 8.93. The highest BCUT2D eigenvalue weighted by Gasteiger charge is 2.07. The standard InChI is InChI=1S/C20H27N3OS/c1-3-5-6-7-8-12-19(24)22-17-11-9-10-16(14-17)18-15-25-20(23-18)21-13-4-2/h4,9-11,14-15H,2-3,5-8,12-13H2,1H3,(H,21,23)(H,22,24). The molecule has 4 nitrogen and oxygen atoms in total. The summed E-state index contributed by atoms with van der Waals surface area (Å²) in [5.41, 5.74) is 2.74. The molecule has 2 aromatic rings. The van der Waals surface area contributed by atoms with Crippen molar-refractivity contribution >= 4 is 28.1 Å². The van der Waals surface area contributed by atoms with E-state index in [1.807, 2.05) is 29.6 Å². The monoisotopic (exact) mass is 357 g/mol. The summed E-state index contributed by atoms with van der Waals surface area (Å²) in [6.45, 7) is 6.58. The summed E-state index contributed by atoms with van der Waals surface area (Å²) in [6, 6.07) is 7.85. The van der Waals surface area contributed by atoms with Gasteiger partial charge in [-0.05, 0) is 18.6 Å². The molecule has 1 aromatic carbocycles. The lowest BCUT2D eigenvalue weighted by atomic mass is 10.1. The molecule has 1 aromatic heterocycles. The molecule has 0 aliphatic rings. The second-order valence-corrected chi connectivity index (χ2v) is 6.86. The smallest absolute Gasteiger partial charge is 0.224 e. The molecule has 0 spiro atoms. The van der Waals surface area contributed by atoms with Crippen LogP contribution in [0.25, 0.3) is 11.3 Å². The van der Waals surface area contributed by atoms with Gasteiger partial charge in [-0.2, -0.15) is 0 Å². The number of anilines is 2. The Labute approximate surface area is 154 Å². The van der Waals surface area contributed by atoms with Crippen molar-refractivity contribution in [1.82, 2.24) is 4.98 Å². The third kappa shape index (κ3) is 6.70. The molecule has 0 saturated heterocycles. The maximum Gasteiger partial charge on any atom is 0.224 e. The number of thiazole rings is 1. The summed E-state index contributed by atoms with van der Waals surface area (Å²) in [7, 11) is 0. The molecule has 0 aliphatic carbocycles. The van der Waals surface area contributed by atoms with Gasteiger partial charge in [0.2, 0.25) is 5.91 Å². The Bertz CT molecular complexity index is 681. The molecule has 134 valence electrons. The van der Waals surface area contributed by atoms with Gasteiger partial charge in [0.25, 0.3) is 0 Å². The Morgan fingerprint density at radius 3 is 2.92 bits per heavy atom. The van der Waals surface area contributed by atoms with Crippen LogP contribution in [0, 0.1) is 0 Å². The first kappa shape index (κ1) is 19.2. The molecular formula is C20H27N3OS. The number of carbonyl (C=O) groups is 1. The van der Waals surface area contributed by atoms with Crippen molar-refractivity contribution in [2.45, 2.75) is 45.4 Å². The second-order valence-electron chi connectivity index (χ2n) is 6.00. The van der Waals surface area contributed by atoms with E-state index in [9.17, 15) is 4.79 Å². The first-order valence-corrected chi connectivity index (χ1v) is 9.81. The maximum atomic E-state index is 12.1. The van der Waals surface area contributed by atoms with Crippen LogP contribution in [0.15, 0.2) is 42.3 Å². The number of nitrogens with one attached hydrogen (secondary N) is 2. The van der Waals surface area contributed by atoms with Gasteiger partial charge in [0.15, 0.2) is 5.13 Å². The molecule has 0 aliphatic heterocycles. The quantitative estimate of drug-likeness (QED) is 0.400. The van der Waals surface area contributed by atoms with Gasteiger partial charge in [0.1, 0.15) is 0 Å².